The fraction of sp³-hybridized carbons (Fsp3) is 0.333. The number of nitrogens with one attached hydrogen (secondary N) is 1. The van der Waals surface area contributed by atoms with Gasteiger partial charge in [-0.05, 0) is 31.4 Å². The highest BCUT2D eigenvalue weighted by Crippen LogP contribution is 2.10. The van der Waals surface area contributed by atoms with Crippen molar-refractivity contribution in [1.82, 2.24) is 10.2 Å². The first-order valence-electron chi connectivity index (χ1n) is 8.62. The standard InChI is InChI=1S/C21H26N2O2/c1-16-9-11-19(12-10-16)15-20(24)23(17(2)21(25)22-3)14-13-18-7-5-4-6-8-18/h4-12,17H,13-15H2,1-3H3,(H,22,25)/t17-/m1/s1. The zero-order valence-corrected chi connectivity index (χ0v) is 15.2. The fourth-order valence-electron chi connectivity index (χ4n) is 2.76. The zero-order valence-electron chi connectivity index (χ0n) is 15.2. The van der Waals surface area contributed by atoms with Gasteiger partial charge in [0.25, 0.3) is 0 Å². The molecular weight excluding hydrogens is 312 g/mol. The highest BCUT2D eigenvalue weighted by Gasteiger charge is 2.24. The minimum atomic E-state index is -0.494. The maximum absolute atomic E-state index is 12.8. The van der Waals surface area contributed by atoms with Gasteiger partial charge in [0.15, 0.2) is 0 Å². The Balaban J connectivity index is 2.10. The van der Waals surface area contributed by atoms with Crippen LogP contribution in [0.25, 0.3) is 0 Å². The largest absolute Gasteiger partial charge is 0.357 e. The molecule has 0 radical (unpaired) electrons. The van der Waals surface area contributed by atoms with Gasteiger partial charge in [0.2, 0.25) is 11.8 Å². The van der Waals surface area contributed by atoms with Crippen molar-refractivity contribution in [3.8, 4) is 0 Å². The number of rotatable bonds is 7. The molecule has 2 rings (SSSR count). The molecule has 1 N–H and O–H groups in total. The van der Waals surface area contributed by atoms with Crippen molar-refractivity contribution < 1.29 is 9.59 Å². The third-order valence-electron chi connectivity index (χ3n) is 4.37. The minimum absolute atomic E-state index is 0.0316. The van der Waals surface area contributed by atoms with Crippen LogP contribution in [0.4, 0.5) is 0 Å². The molecule has 4 nitrogen and oxygen atoms in total. The van der Waals surface area contributed by atoms with Crippen molar-refractivity contribution in [2.75, 3.05) is 13.6 Å². The van der Waals surface area contributed by atoms with Gasteiger partial charge in [0.1, 0.15) is 6.04 Å². The highest BCUT2D eigenvalue weighted by molar-refractivity contribution is 5.88. The van der Waals surface area contributed by atoms with E-state index in [1.54, 1.807) is 18.9 Å². The normalized spacial score (nSPS) is 11.6. The van der Waals surface area contributed by atoms with Crippen LogP contribution in [0.3, 0.4) is 0 Å². The van der Waals surface area contributed by atoms with Crippen molar-refractivity contribution in [3.05, 3.63) is 71.3 Å². The van der Waals surface area contributed by atoms with Gasteiger partial charge in [-0.3, -0.25) is 9.59 Å². The Morgan fingerprint density at radius 3 is 2.24 bits per heavy atom. The lowest BCUT2D eigenvalue weighted by Crippen LogP contribution is -2.48. The summed E-state index contributed by atoms with van der Waals surface area (Å²) < 4.78 is 0. The van der Waals surface area contributed by atoms with E-state index in [2.05, 4.69) is 5.32 Å². The number of hydrogen-bond donors (Lipinski definition) is 1. The fourth-order valence-corrected chi connectivity index (χ4v) is 2.76. The number of carbonyl (C=O) groups is 2. The van der Waals surface area contributed by atoms with Crippen LogP contribution in [0.1, 0.15) is 23.6 Å². The predicted molar refractivity (Wildman–Crippen MR) is 100 cm³/mol. The number of aryl methyl sites for hydroxylation is 1. The van der Waals surface area contributed by atoms with E-state index < -0.39 is 6.04 Å². The van der Waals surface area contributed by atoms with Crippen molar-refractivity contribution in [1.29, 1.82) is 0 Å². The van der Waals surface area contributed by atoms with Crippen molar-refractivity contribution in [2.45, 2.75) is 32.7 Å². The van der Waals surface area contributed by atoms with Gasteiger partial charge in [-0.1, -0.05) is 60.2 Å². The lowest BCUT2D eigenvalue weighted by Gasteiger charge is -2.28. The molecule has 1 atom stereocenters. The summed E-state index contributed by atoms with van der Waals surface area (Å²) >= 11 is 0. The van der Waals surface area contributed by atoms with Gasteiger partial charge in [-0.2, -0.15) is 0 Å². The van der Waals surface area contributed by atoms with Crippen LogP contribution in [0.2, 0.25) is 0 Å². The molecule has 0 fully saturated rings. The van der Waals surface area contributed by atoms with Gasteiger partial charge in [-0.15, -0.1) is 0 Å². The molecule has 132 valence electrons. The van der Waals surface area contributed by atoms with Crippen molar-refractivity contribution in [3.63, 3.8) is 0 Å². The Labute approximate surface area is 149 Å². The molecule has 2 aromatic rings. The highest BCUT2D eigenvalue weighted by atomic mass is 16.2. The molecule has 0 aliphatic rings. The molecule has 0 unspecified atom stereocenters. The maximum atomic E-state index is 12.8. The summed E-state index contributed by atoms with van der Waals surface area (Å²) in [7, 11) is 1.60. The molecular formula is C21H26N2O2. The third kappa shape index (κ3) is 5.45. The SMILES string of the molecule is CNC(=O)[C@@H](C)N(CCc1ccccc1)C(=O)Cc1ccc(C)cc1. The van der Waals surface area contributed by atoms with Crippen molar-refractivity contribution in [2.24, 2.45) is 0 Å². The molecule has 0 spiro atoms. The quantitative estimate of drug-likeness (QED) is 0.844. The molecule has 2 amide bonds. The Morgan fingerprint density at radius 2 is 1.64 bits per heavy atom. The van der Waals surface area contributed by atoms with Gasteiger partial charge in [0.05, 0.1) is 6.42 Å². The van der Waals surface area contributed by atoms with Crippen molar-refractivity contribution >= 4 is 11.8 Å². The van der Waals surface area contributed by atoms with Crippen LogP contribution >= 0.6 is 0 Å². The van der Waals surface area contributed by atoms with Gasteiger partial charge < -0.3 is 10.2 Å². The molecule has 0 aliphatic carbocycles. The lowest BCUT2D eigenvalue weighted by molar-refractivity contribution is -0.139. The van der Waals surface area contributed by atoms with Gasteiger partial charge in [0, 0.05) is 13.6 Å². The summed E-state index contributed by atoms with van der Waals surface area (Å²) in [6.45, 7) is 4.31. The molecule has 0 saturated heterocycles. The number of benzene rings is 2. The van der Waals surface area contributed by atoms with E-state index in [0.717, 1.165) is 23.1 Å². The van der Waals surface area contributed by atoms with Crippen LogP contribution < -0.4 is 5.32 Å². The summed E-state index contributed by atoms with van der Waals surface area (Å²) in [5.41, 5.74) is 3.28. The Bertz CT molecular complexity index is 696. The number of hydrogen-bond acceptors (Lipinski definition) is 2. The van der Waals surface area contributed by atoms with Gasteiger partial charge >= 0.3 is 0 Å². The van der Waals surface area contributed by atoms with E-state index >= 15 is 0 Å². The van der Waals surface area contributed by atoms with Crippen LogP contribution in [0, 0.1) is 6.92 Å². The second kappa shape index (κ2) is 9.02. The van der Waals surface area contributed by atoms with Crippen LogP contribution in [0.5, 0.6) is 0 Å². The number of likely N-dealkylation sites (N-methyl/N-ethyl adjacent to an activating group) is 1. The first kappa shape index (κ1) is 18.7. The molecule has 2 aromatic carbocycles. The molecule has 0 heterocycles. The number of carbonyl (C=O) groups excluding carboxylic acids is 2. The summed E-state index contributed by atoms with van der Waals surface area (Å²) in [6, 6.07) is 17.4. The van der Waals surface area contributed by atoms with E-state index in [9.17, 15) is 9.59 Å². The minimum Gasteiger partial charge on any atom is -0.357 e. The topological polar surface area (TPSA) is 49.4 Å². The summed E-state index contributed by atoms with van der Waals surface area (Å²) in [5.74, 6) is -0.179. The van der Waals surface area contributed by atoms with E-state index in [4.69, 9.17) is 0 Å². The first-order chi connectivity index (χ1) is 12.0. The Hall–Kier alpha value is -2.62. The molecule has 25 heavy (non-hydrogen) atoms. The zero-order chi connectivity index (χ0) is 18.2. The summed E-state index contributed by atoms with van der Waals surface area (Å²) in [4.78, 5) is 26.6. The average molecular weight is 338 g/mol. The van der Waals surface area contributed by atoms with E-state index in [0.29, 0.717) is 13.0 Å². The second-order valence-corrected chi connectivity index (χ2v) is 6.28. The Kier molecular flexibility index (Phi) is 6.75. The number of nitrogens with zero attached hydrogens (tertiary/aromatic N) is 1. The van der Waals surface area contributed by atoms with E-state index in [1.807, 2.05) is 61.5 Å². The number of amides is 2. The van der Waals surface area contributed by atoms with Crippen LogP contribution in [0.15, 0.2) is 54.6 Å². The molecule has 0 aromatic heterocycles. The third-order valence-corrected chi connectivity index (χ3v) is 4.37. The summed E-state index contributed by atoms with van der Waals surface area (Å²) in [5, 5.41) is 2.64. The lowest BCUT2D eigenvalue weighted by atomic mass is 10.1. The maximum Gasteiger partial charge on any atom is 0.242 e. The van der Waals surface area contributed by atoms with Gasteiger partial charge in [-0.25, -0.2) is 0 Å². The smallest absolute Gasteiger partial charge is 0.242 e. The van der Waals surface area contributed by atoms with Crippen LogP contribution in [-0.4, -0.2) is 36.3 Å². The molecule has 0 aliphatic heterocycles. The second-order valence-electron chi connectivity index (χ2n) is 6.28. The predicted octanol–water partition coefficient (Wildman–Crippen LogP) is 2.74. The molecule has 0 bridgehead atoms. The van der Waals surface area contributed by atoms with E-state index in [-0.39, 0.29) is 11.8 Å². The first-order valence-corrected chi connectivity index (χ1v) is 8.62. The van der Waals surface area contributed by atoms with E-state index in [1.165, 1.54) is 0 Å². The molecule has 4 heteroatoms. The summed E-state index contributed by atoms with van der Waals surface area (Å²) in [6.07, 6.45) is 1.03. The average Bonchev–Trinajstić information content (AvgIpc) is 2.63. The van der Waals surface area contributed by atoms with Crippen LogP contribution in [-0.2, 0) is 22.4 Å². The Morgan fingerprint density at radius 1 is 1.00 bits per heavy atom. The molecule has 0 saturated carbocycles. The monoisotopic (exact) mass is 338 g/mol.